The van der Waals surface area contributed by atoms with Crippen LogP contribution >= 0.6 is 0 Å². The molecule has 3 nitrogen and oxygen atoms in total. The molecule has 1 heterocycles. The van der Waals surface area contributed by atoms with E-state index in [0.29, 0.717) is 16.8 Å². The summed E-state index contributed by atoms with van der Waals surface area (Å²) in [6.07, 6.45) is 3.18. The SMILES string of the molecule is Cc1cccc(C(=O)c2cccnc2)c1N. The lowest BCUT2D eigenvalue weighted by molar-refractivity contribution is 0.103. The first-order valence-corrected chi connectivity index (χ1v) is 5.00. The molecular weight excluding hydrogens is 200 g/mol. The van der Waals surface area contributed by atoms with Gasteiger partial charge in [-0.25, -0.2) is 0 Å². The van der Waals surface area contributed by atoms with Crippen LogP contribution in [0.5, 0.6) is 0 Å². The van der Waals surface area contributed by atoms with Gasteiger partial charge in [-0.15, -0.1) is 0 Å². The summed E-state index contributed by atoms with van der Waals surface area (Å²) in [6.45, 7) is 1.88. The molecule has 2 aromatic rings. The van der Waals surface area contributed by atoms with Crippen molar-refractivity contribution in [2.24, 2.45) is 0 Å². The van der Waals surface area contributed by atoms with Gasteiger partial charge in [0.2, 0.25) is 0 Å². The zero-order valence-corrected chi connectivity index (χ0v) is 8.97. The number of hydrogen-bond acceptors (Lipinski definition) is 3. The lowest BCUT2D eigenvalue weighted by Gasteiger charge is -2.06. The summed E-state index contributed by atoms with van der Waals surface area (Å²) in [4.78, 5) is 16.0. The summed E-state index contributed by atoms with van der Waals surface area (Å²) in [5, 5.41) is 0. The Morgan fingerprint density at radius 2 is 2.06 bits per heavy atom. The van der Waals surface area contributed by atoms with Crippen LogP contribution in [0, 0.1) is 6.92 Å². The van der Waals surface area contributed by atoms with Crippen molar-refractivity contribution in [1.82, 2.24) is 4.98 Å². The van der Waals surface area contributed by atoms with Crippen LogP contribution in [-0.4, -0.2) is 10.8 Å². The van der Waals surface area contributed by atoms with Gasteiger partial charge in [-0.1, -0.05) is 12.1 Å². The molecule has 0 fully saturated rings. The van der Waals surface area contributed by atoms with Crippen molar-refractivity contribution >= 4 is 11.5 Å². The zero-order chi connectivity index (χ0) is 11.5. The number of rotatable bonds is 2. The molecule has 0 unspecified atom stereocenters. The Hall–Kier alpha value is -2.16. The maximum atomic E-state index is 12.1. The number of benzene rings is 1. The maximum absolute atomic E-state index is 12.1. The van der Waals surface area contributed by atoms with E-state index in [1.165, 1.54) is 0 Å². The minimum absolute atomic E-state index is 0.0886. The van der Waals surface area contributed by atoms with E-state index in [4.69, 9.17) is 5.73 Å². The number of hydrogen-bond donors (Lipinski definition) is 1. The second-order valence-corrected chi connectivity index (χ2v) is 3.61. The molecule has 0 amide bonds. The van der Waals surface area contributed by atoms with E-state index in [2.05, 4.69) is 4.98 Å². The third kappa shape index (κ3) is 1.80. The summed E-state index contributed by atoms with van der Waals surface area (Å²) < 4.78 is 0. The summed E-state index contributed by atoms with van der Waals surface area (Å²) in [6, 6.07) is 8.92. The number of para-hydroxylation sites is 1. The van der Waals surface area contributed by atoms with Crippen LogP contribution in [0.4, 0.5) is 5.69 Å². The molecule has 0 saturated carbocycles. The lowest BCUT2D eigenvalue weighted by Crippen LogP contribution is -2.06. The fraction of sp³-hybridized carbons (Fsp3) is 0.0769. The van der Waals surface area contributed by atoms with Crippen LogP contribution in [0.2, 0.25) is 0 Å². The summed E-state index contributed by atoms with van der Waals surface area (Å²) >= 11 is 0. The number of pyridine rings is 1. The molecule has 16 heavy (non-hydrogen) atoms. The normalized spacial score (nSPS) is 10.1. The number of ketones is 1. The van der Waals surface area contributed by atoms with Crippen LogP contribution in [0.3, 0.4) is 0 Å². The average molecular weight is 212 g/mol. The third-order valence-electron chi connectivity index (χ3n) is 2.49. The Balaban J connectivity index is 2.46. The van der Waals surface area contributed by atoms with Crippen LogP contribution in [0.25, 0.3) is 0 Å². The molecular formula is C13H12N2O. The largest absolute Gasteiger partial charge is 0.398 e. The van der Waals surface area contributed by atoms with Gasteiger partial charge in [-0.05, 0) is 30.7 Å². The molecule has 2 N–H and O–H groups in total. The number of nitrogens with zero attached hydrogens (tertiary/aromatic N) is 1. The van der Waals surface area contributed by atoms with E-state index in [9.17, 15) is 4.79 Å². The van der Waals surface area contributed by atoms with Crippen LogP contribution in [0.15, 0.2) is 42.7 Å². The third-order valence-corrected chi connectivity index (χ3v) is 2.49. The Bertz CT molecular complexity index is 521. The molecule has 1 aromatic heterocycles. The van der Waals surface area contributed by atoms with Crippen molar-refractivity contribution in [1.29, 1.82) is 0 Å². The van der Waals surface area contributed by atoms with Gasteiger partial charge < -0.3 is 5.73 Å². The zero-order valence-electron chi connectivity index (χ0n) is 8.97. The molecule has 0 aliphatic carbocycles. The smallest absolute Gasteiger partial charge is 0.196 e. The number of carbonyl (C=O) groups is 1. The van der Waals surface area contributed by atoms with Crippen molar-refractivity contribution < 1.29 is 4.79 Å². The van der Waals surface area contributed by atoms with Gasteiger partial charge >= 0.3 is 0 Å². The number of nitrogen functional groups attached to an aromatic ring is 1. The van der Waals surface area contributed by atoms with Crippen LogP contribution in [0.1, 0.15) is 21.5 Å². The Labute approximate surface area is 93.9 Å². The number of aryl methyl sites for hydroxylation is 1. The van der Waals surface area contributed by atoms with Gasteiger partial charge in [0, 0.05) is 29.2 Å². The predicted octanol–water partition coefficient (Wildman–Crippen LogP) is 2.20. The average Bonchev–Trinajstić information content (AvgIpc) is 2.33. The van der Waals surface area contributed by atoms with Crippen molar-refractivity contribution in [2.45, 2.75) is 6.92 Å². The van der Waals surface area contributed by atoms with Crippen molar-refractivity contribution in [3.05, 3.63) is 59.4 Å². The second-order valence-electron chi connectivity index (χ2n) is 3.61. The van der Waals surface area contributed by atoms with Gasteiger partial charge in [-0.3, -0.25) is 9.78 Å². The highest BCUT2D eigenvalue weighted by Gasteiger charge is 2.12. The molecule has 1 aromatic carbocycles. The van der Waals surface area contributed by atoms with Crippen LogP contribution < -0.4 is 5.73 Å². The summed E-state index contributed by atoms with van der Waals surface area (Å²) in [7, 11) is 0. The Morgan fingerprint density at radius 3 is 2.75 bits per heavy atom. The number of nitrogens with two attached hydrogens (primary N) is 1. The topological polar surface area (TPSA) is 56.0 Å². The molecule has 0 saturated heterocycles. The van der Waals surface area contributed by atoms with Gasteiger partial charge in [0.1, 0.15) is 0 Å². The number of aromatic nitrogens is 1. The first-order valence-electron chi connectivity index (χ1n) is 5.00. The fourth-order valence-corrected chi connectivity index (χ4v) is 1.53. The summed E-state index contributed by atoms with van der Waals surface area (Å²) in [5.74, 6) is -0.0886. The van der Waals surface area contributed by atoms with Gasteiger partial charge in [0.15, 0.2) is 5.78 Å². The first kappa shape index (κ1) is 10.4. The van der Waals surface area contributed by atoms with E-state index in [1.54, 1.807) is 30.6 Å². The van der Waals surface area contributed by atoms with E-state index >= 15 is 0 Å². The molecule has 0 aliphatic rings. The van der Waals surface area contributed by atoms with E-state index < -0.39 is 0 Å². The van der Waals surface area contributed by atoms with E-state index in [0.717, 1.165) is 5.56 Å². The van der Waals surface area contributed by atoms with Crippen LogP contribution in [-0.2, 0) is 0 Å². The molecule has 0 spiro atoms. The second kappa shape index (κ2) is 4.14. The number of anilines is 1. The highest BCUT2D eigenvalue weighted by molar-refractivity contribution is 6.12. The minimum atomic E-state index is -0.0886. The standard InChI is InChI=1S/C13H12N2O/c1-9-4-2-6-11(12(9)14)13(16)10-5-3-7-15-8-10/h2-8H,14H2,1H3. The molecule has 0 atom stereocenters. The Morgan fingerprint density at radius 1 is 1.25 bits per heavy atom. The minimum Gasteiger partial charge on any atom is -0.398 e. The monoisotopic (exact) mass is 212 g/mol. The van der Waals surface area contributed by atoms with Gasteiger partial charge in [0.25, 0.3) is 0 Å². The quantitative estimate of drug-likeness (QED) is 0.613. The van der Waals surface area contributed by atoms with Crippen molar-refractivity contribution in [2.75, 3.05) is 5.73 Å². The molecule has 3 heteroatoms. The fourth-order valence-electron chi connectivity index (χ4n) is 1.53. The molecule has 0 bridgehead atoms. The summed E-state index contributed by atoms with van der Waals surface area (Å²) in [5.41, 5.74) is 8.42. The number of carbonyl (C=O) groups excluding carboxylic acids is 1. The molecule has 80 valence electrons. The molecule has 0 aliphatic heterocycles. The molecule has 2 rings (SSSR count). The predicted molar refractivity (Wildman–Crippen MR) is 63.3 cm³/mol. The maximum Gasteiger partial charge on any atom is 0.196 e. The highest BCUT2D eigenvalue weighted by atomic mass is 16.1. The Kier molecular flexibility index (Phi) is 2.68. The van der Waals surface area contributed by atoms with Gasteiger partial charge in [-0.2, -0.15) is 0 Å². The molecule has 0 radical (unpaired) electrons. The van der Waals surface area contributed by atoms with E-state index in [1.807, 2.05) is 19.1 Å². The van der Waals surface area contributed by atoms with Gasteiger partial charge in [0.05, 0.1) is 0 Å². The highest BCUT2D eigenvalue weighted by Crippen LogP contribution is 2.19. The van der Waals surface area contributed by atoms with E-state index in [-0.39, 0.29) is 5.78 Å². The lowest BCUT2D eigenvalue weighted by atomic mass is 10.0. The first-order chi connectivity index (χ1) is 7.70. The van der Waals surface area contributed by atoms with Crippen molar-refractivity contribution in [3.63, 3.8) is 0 Å². The van der Waals surface area contributed by atoms with Crippen molar-refractivity contribution in [3.8, 4) is 0 Å².